The molecule has 0 bridgehead atoms. The van der Waals surface area contributed by atoms with Crippen LogP contribution >= 0.6 is 0 Å². The first-order valence-corrected chi connectivity index (χ1v) is 22.9. The van der Waals surface area contributed by atoms with Crippen molar-refractivity contribution in [2.75, 3.05) is 12.4 Å². The Morgan fingerprint density at radius 1 is 0.714 bits per heavy atom. The summed E-state index contributed by atoms with van der Waals surface area (Å²) >= 11 is 0. The summed E-state index contributed by atoms with van der Waals surface area (Å²) in [6, 6.07) is 9.23. The van der Waals surface area contributed by atoms with E-state index in [0.717, 1.165) is 22.8 Å². The normalized spacial score (nSPS) is 13.1. The van der Waals surface area contributed by atoms with E-state index in [1.807, 2.05) is 10.6 Å². The van der Waals surface area contributed by atoms with Crippen LogP contribution in [0, 0.1) is 25.5 Å². The molecule has 3 aromatic carbocycles. The van der Waals surface area contributed by atoms with Crippen LogP contribution in [-0.4, -0.2) is 73.5 Å². The van der Waals surface area contributed by atoms with E-state index in [1.54, 1.807) is 18.2 Å². The molecule has 25 heteroatoms. The van der Waals surface area contributed by atoms with Gasteiger partial charge < -0.3 is 35.3 Å². The van der Waals surface area contributed by atoms with Gasteiger partial charge in [-0.2, -0.15) is 39.5 Å². The summed E-state index contributed by atoms with van der Waals surface area (Å²) in [5.74, 6) is -6.92. The van der Waals surface area contributed by atoms with E-state index in [1.165, 1.54) is 83.2 Å². The molecule has 408 valence electrons. The van der Waals surface area contributed by atoms with Crippen molar-refractivity contribution in [1.82, 2.24) is 24.4 Å². The van der Waals surface area contributed by atoms with Crippen molar-refractivity contribution in [3.8, 4) is 22.3 Å². The molecule has 14 nitrogen and oxygen atoms in total. The third-order valence-corrected chi connectivity index (χ3v) is 12.6. The molecular formula is C52H46F11N7O7. The number of fused-ring (bicyclic) bond motifs is 2. The van der Waals surface area contributed by atoms with Crippen molar-refractivity contribution < 1.29 is 72.5 Å². The number of benzene rings is 3. The number of rotatable bonds is 13. The Balaban J connectivity index is 0.000000275. The molecule has 0 aliphatic heterocycles. The molecule has 0 saturated carbocycles. The predicted octanol–water partition coefficient (Wildman–Crippen LogP) is 9.35. The second-order valence-electron chi connectivity index (χ2n) is 17.6. The number of carboxylic acid groups (broad SMARTS) is 1. The maximum Gasteiger partial charge on any atom is 0.417 e. The first-order valence-electron chi connectivity index (χ1n) is 22.9. The number of nitrogens with zero attached hydrogens (tertiary/aromatic N) is 4. The van der Waals surface area contributed by atoms with E-state index in [9.17, 15) is 77.4 Å². The molecule has 0 aliphatic carbocycles. The number of nitrogens with one attached hydrogen (secondary N) is 2. The topological polar surface area (TPSA) is 201 Å². The van der Waals surface area contributed by atoms with Crippen LogP contribution in [0.1, 0.15) is 57.3 Å². The minimum atomic E-state index is -4.92. The molecule has 1 amide bonds. The number of carboxylic acids is 1. The Morgan fingerprint density at radius 3 is 1.55 bits per heavy atom. The summed E-state index contributed by atoms with van der Waals surface area (Å²) < 4.78 is 159. The predicted molar refractivity (Wildman–Crippen MR) is 261 cm³/mol. The summed E-state index contributed by atoms with van der Waals surface area (Å²) in [7, 11) is 3.93. The number of methoxy groups -OCH3 is 1. The lowest BCUT2D eigenvalue weighted by molar-refractivity contribution is -0.143. The first-order chi connectivity index (χ1) is 35.9. The van der Waals surface area contributed by atoms with E-state index in [4.69, 9.17) is 5.73 Å². The molecule has 4 heterocycles. The molecule has 0 fully saturated rings. The van der Waals surface area contributed by atoms with Gasteiger partial charge in [0.2, 0.25) is 0 Å². The van der Waals surface area contributed by atoms with Gasteiger partial charge in [-0.15, -0.1) is 0 Å². The van der Waals surface area contributed by atoms with Gasteiger partial charge in [0.15, 0.2) is 0 Å². The molecule has 4 aromatic heterocycles. The minimum Gasteiger partial charge on any atom is -0.480 e. The Kier molecular flexibility index (Phi) is 17.0. The maximum atomic E-state index is 14.8. The second-order valence-corrected chi connectivity index (χ2v) is 17.6. The van der Waals surface area contributed by atoms with E-state index >= 15 is 0 Å². The van der Waals surface area contributed by atoms with Crippen molar-refractivity contribution in [1.29, 1.82) is 0 Å². The van der Waals surface area contributed by atoms with Gasteiger partial charge in [-0.3, -0.25) is 29.1 Å². The van der Waals surface area contributed by atoms with Crippen LogP contribution < -0.4 is 27.5 Å². The molecule has 0 radical (unpaired) electrons. The van der Waals surface area contributed by atoms with Gasteiger partial charge in [0.05, 0.1) is 40.4 Å². The number of pyridine rings is 4. The van der Waals surface area contributed by atoms with Crippen LogP contribution in [0.25, 0.3) is 44.1 Å². The Hall–Kier alpha value is -8.22. The fraction of sp³-hybridized carbons (Fsp3) is 0.288. The fourth-order valence-electron chi connectivity index (χ4n) is 8.44. The average molecular weight is 1090 g/mol. The summed E-state index contributed by atoms with van der Waals surface area (Å²) in [6.07, 6.45) is -12.6. The molecule has 7 rings (SSSR count). The number of alkyl halides is 9. The van der Waals surface area contributed by atoms with Crippen molar-refractivity contribution in [2.45, 2.75) is 76.7 Å². The van der Waals surface area contributed by atoms with Gasteiger partial charge in [0, 0.05) is 71.9 Å². The number of hydrogen-bond donors (Lipinski definition) is 4. The number of amides is 1. The highest BCUT2D eigenvalue weighted by Crippen LogP contribution is 2.40. The molecule has 5 N–H and O–H groups in total. The van der Waals surface area contributed by atoms with Crippen molar-refractivity contribution >= 4 is 45.3 Å². The molecule has 0 aliphatic rings. The van der Waals surface area contributed by atoms with Crippen molar-refractivity contribution in [3.05, 3.63) is 157 Å². The van der Waals surface area contributed by atoms with Gasteiger partial charge >= 0.3 is 30.5 Å². The molecule has 0 saturated heterocycles. The Labute approximate surface area is 429 Å². The number of carbonyl (C=O) groups is 3. The number of aromatic nitrogens is 4. The van der Waals surface area contributed by atoms with Gasteiger partial charge in [-0.25, -0.2) is 13.6 Å². The summed E-state index contributed by atoms with van der Waals surface area (Å²) in [5.41, 5.74) is -0.132. The van der Waals surface area contributed by atoms with Gasteiger partial charge in [-0.1, -0.05) is 43.3 Å². The third kappa shape index (κ3) is 12.4. The number of aryl methyl sites for hydroxylation is 2. The molecule has 7 aromatic rings. The maximum absolute atomic E-state index is 14.8. The highest BCUT2D eigenvalue weighted by Gasteiger charge is 2.40. The van der Waals surface area contributed by atoms with Crippen LogP contribution in [0.15, 0.2) is 94.8 Å². The fourth-order valence-corrected chi connectivity index (χ4v) is 8.44. The highest BCUT2D eigenvalue weighted by atomic mass is 19.4. The van der Waals surface area contributed by atoms with E-state index in [2.05, 4.69) is 14.7 Å². The van der Waals surface area contributed by atoms with Crippen LogP contribution in [0.4, 0.5) is 54.0 Å². The van der Waals surface area contributed by atoms with Gasteiger partial charge in [0.25, 0.3) is 17.0 Å². The third-order valence-electron chi connectivity index (χ3n) is 12.6. The van der Waals surface area contributed by atoms with Crippen LogP contribution in [0.2, 0.25) is 0 Å². The van der Waals surface area contributed by atoms with Gasteiger partial charge in [0.1, 0.15) is 35.3 Å². The SMILES string of the molecule is CC[C@@H](Nc1cc(F)c(C(=O)N[C@@H](Cc2ccc(-c3c(C(F)(F)F)cc(C)n(C)c3=O)c3ncccc23)C(=O)O)c(F)c1)C(F)(F)F.COC(=O)[C@@H](N)Cc1ccc(-c2c(C(F)(F)F)cc(C)n(C)c2=O)c2ncccc12. The number of esters is 1. The largest absolute Gasteiger partial charge is 0.480 e. The lowest BCUT2D eigenvalue weighted by atomic mass is 9.93. The smallest absolute Gasteiger partial charge is 0.417 e. The Morgan fingerprint density at radius 2 is 1.16 bits per heavy atom. The lowest BCUT2D eigenvalue weighted by Gasteiger charge is -2.22. The number of anilines is 1. The number of aliphatic carboxylic acids is 1. The molecular weight excluding hydrogens is 1040 g/mol. The first kappa shape index (κ1) is 58.0. The number of ether oxygens (including phenoxy) is 1. The molecule has 3 atom stereocenters. The minimum absolute atomic E-state index is 0.0465. The standard InChI is InChI=1S/C31H26F8N4O4.C21H20F3N3O3/c1-4-23(31(37,38)39)41-16-12-20(32)25(21(33)13-16)27(44)42-22(29(46)47)11-15-7-8-18(26-17(15)6-5-9-40-26)24-19(30(34,35)36)10-14(2)43(3)28(24)45;1-11-9-15(21(22,23)24)17(19(28)27(11)2)14-7-6-12(10-16(25)20(29)30-3)13-5-4-8-26-18(13)14/h5-10,12-13,22-23,41H,4,11H2,1-3H3,(H,42,44)(H,46,47);4-9,16H,10,25H2,1-3H3/t22-,23+;16-/m00/s1. The van der Waals surface area contributed by atoms with Crippen LogP contribution in [0.3, 0.4) is 0 Å². The quantitative estimate of drug-likeness (QED) is 0.0634. The molecule has 77 heavy (non-hydrogen) atoms. The zero-order valence-corrected chi connectivity index (χ0v) is 41.4. The van der Waals surface area contributed by atoms with Crippen molar-refractivity contribution in [2.24, 2.45) is 19.8 Å². The van der Waals surface area contributed by atoms with Crippen molar-refractivity contribution in [3.63, 3.8) is 0 Å². The van der Waals surface area contributed by atoms with E-state index in [0.29, 0.717) is 23.1 Å². The summed E-state index contributed by atoms with van der Waals surface area (Å²) in [6.45, 7) is 3.97. The molecule has 0 spiro atoms. The number of nitrogens with two attached hydrogens (primary N) is 1. The lowest BCUT2D eigenvalue weighted by Crippen LogP contribution is -2.43. The number of carbonyl (C=O) groups excluding carboxylic acids is 2. The monoisotopic (exact) mass is 1090 g/mol. The van der Waals surface area contributed by atoms with E-state index < -0.39 is 124 Å². The zero-order valence-electron chi connectivity index (χ0n) is 41.4. The summed E-state index contributed by atoms with van der Waals surface area (Å²) in [5, 5.41) is 14.4. The zero-order chi connectivity index (χ0) is 57.2. The van der Waals surface area contributed by atoms with Crippen LogP contribution in [-0.2, 0) is 53.6 Å². The summed E-state index contributed by atoms with van der Waals surface area (Å²) in [4.78, 5) is 71.0. The van der Waals surface area contributed by atoms with Gasteiger partial charge in [-0.05, 0) is 74.2 Å². The van der Waals surface area contributed by atoms with Crippen LogP contribution in [0.5, 0.6) is 0 Å². The Bertz CT molecular complexity index is 3530. The highest BCUT2D eigenvalue weighted by molar-refractivity contribution is 5.99. The number of hydrogen-bond acceptors (Lipinski definition) is 10. The molecule has 0 unspecified atom stereocenters. The van der Waals surface area contributed by atoms with E-state index in [-0.39, 0.29) is 50.9 Å². The number of halogens is 11. The second kappa shape index (κ2) is 22.5. The average Bonchev–Trinajstić information content (AvgIpc) is 3.39.